The number of rotatable bonds is 5. The number of esters is 2. The van der Waals surface area contributed by atoms with Gasteiger partial charge in [0.1, 0.15) is 5.75 Å². The third-order valence-corrected chi connectivity index (χ3v) is 6.77. The number of fused-ring (bicyclic) bond motifs is 1. The minimum absolute atomic E-state index is 0.246. The summed E-state index contributed by atoms with van der Waals surface area (Å²) >= 11 is 1.27. The lowest BCUT2D eigenvalue weighted by atomic mass is 9.96. The predicted octanol–water partition coefficient (Wildman–Crippen LogP) is 3.46. The summed E-state index contributed by atoms with van der Waals surface area (Å²) in [5, 5.41) is 0. The lowest BCUT2D eigenvalue weighted by molar-refractivity contribution is -0.136. The molecule has 0 fully saturated rings. The number of methoxy groups -OCH3 is 1. The summed E-state index contributed by atoms with van der Waals surface area (Å²) in [6, 6.07) is 14.1. The van der Waals surface area contributed by atoms with E-state index in [-0.39, 0.29) is 11.1 Å². The van der Waals surface area contributed by atoms with Gasteiger partial charge in [-0.05, 0) is 47.7 Å². The minimum atomic E-state index is -0.726. The van der Waals surface area contributed by atoms with Crippen molar-refractivity contribution < 1.29 is 19.1 Å². The van der Waals surface area contributed by atoms with E-state index in [9.17, 15) is 14.4 Å². The molecule has 2 aromatic carbocycles. The molecular formula is C27H26N2O5S. The van der Waals surface area contributed by atoms with Gasteiger partial charge in [0.15, 0.2) is 4.80 Å². The Kier molecular flexibility index (Phi) is 6.84. The largest absolute Gasteiger partial charge is 0.466 e. The third-order valence-electron chi connectivity index (χ3n) is 5.79. The van der Waals surface area contributed by atoms with Gasteiger partial charge < -0.3 is 9.47 Å². The maximum Gasteiger partial charge on any atom is 0.338 e. The van der Waals surface area contributed by atoms with Crippen LogP contribution in [0, 0.1) is 0 Å². The molecule has 180 valence electrons. The van der Waals surface area contributed by atoms with Gasteiger partial charge in [-0.2, -0.15) is 0 Å². The number of ether oxygens (including phenoxy) is 2. The molecule has 0 bridgehead atoms. The van der Waals surface area contributed by atoms with Crippen molar-refractivity contribution in [3.63, 3.8) is 0 Å². The molecule has 1 aliphatic heterocycles. The smallest absolute Gasteiger partial charge is 0.338 e. The average molecular weight is 491 g/mol. The number of allylic oxidation sites excluding steroid dienone is 1. The van der Waals surface area contributed by atoms with Crippen LogP contribution in [0.3, 0.4) is 0 Å². The van der Waals surface area contributed by atoms with Gasteiger partial charge in [0, 0.05) is 6.92 Å². The summed E-state index contributed by atoms with van der Waals surface area (Å²) in [5.41, 5.74) is 3.33. The molecule has 0 aliphatic carbocycles. The molecule has 0 saturated carbocycles. The standard InChI is InChI=1S/C27H26N2O5S/c1-15(2)19-8-6-18(7-9-19)14-22-25(31)29-24(20-10-12-21(13-11-20)34-17(4)30)23(26(32)33-5)16(3)28-27(29)35-22/h6-15,24H,1-5H3/b22-14-/t24-/m0/s1. The molecule has 35 heavy (non-hydrogen) atoms. The fourth-order valence-corrected chi connectivity index (χ4v) is 5.07. The second-order valence-electron chi connectivity index (χ2n) is 8.56. The van der Waals surface area contributed by atoms with E-state index in [1.165, 1.54) is 35.5 Å². The molecule has 1 aliphatic rings. The van der Waals surface area contributed by atoms with Crippen molar-refractivity contribution in [1.82, 2.24) is 4.57 Å². The van der Waals surface area contributed by atoms with E-state index in [4.69, 9.17) is 9.47 Å². The van der Waals surface area contributed by atoms with Crippen molar-refractivity contribution in [2.24, 2.45) is 4.99 Å². The van der Waals surface area contributed by atoms with Crippen LogP contribution in [0.1, 0.15) is 56.3 Å². The summed E-state index contributed by atoms with van der Waals surface area (Å²) in [6.07, 6.45) is 1.84. The number of thiazole rings is 1. The fraction of sp³-hybridized carbons (Fsp3) is 0.259. The van der Waals surface area contributed by atoms with Gasteiger partial charge in [-0.15, -0.1) is 0 Å². The van der Waals surface area contributed by atoms with E-state index < -0.39 is 18.0 Å². The number of carbonyl (C=O) groups excluding carboxylic acids is 2. The number of aromatic nitrogens is 1. The van der Waals surface area contributed by atoms with Crippen LogP contribution < -0.4 is 19.6 Å². The normalized spacial score (nSPS) is 15.6. The van der Waals surface area contributed by atoms with Crippen LogP contribution in [0.25, 0.3) is 6.08 Å². The molecule has 0 unspecified atom stereocenters. The first-order chi connectivity index (χ1) is 16.7. The van der Waals surface area contributed by atoms with Crippen molar-refractivity contribution in [3.05, 3.63) is 96.2 Å². The Morgan fingerprint density at radius 1 is 1.09 bits per heavy atom. The third kappa shape index (κ3) is 4.88. The SMILES string of the molecule is COC(=O)C1=C(C)N=c2s/c(=C\c3ccc(C(C)C)cc3)c(=O)n2[C@H]1c1ccc(OC(C)=O)cc1. The van der Waals surface area contributed by atoms with Crippen molar-refractivity contribution >= 4 is 29.4 Å². The lowest BCUT2D eigenvalue weighted by Crippen LogP contribution is -2.39. The van der Waals surface area contributed by atoms with E-state index in [1.54, 1.807) is 31.2 Å². The summed E-state index contributed by atoms with van der Waals surface area (Å²) in [4.78, 5) is 42.7. The van der Waals surface area contributed by atoms with Crippen LogP contribution in [-0.2, 0) is 14.3 Å². The lowest BCUT2D eigenvalue weighted by Gasteiger charge is -2.24. The van der Waals surface area contributed by atoms with Gasteiger partial charge in [0.25, 0.3) is 5.56 Å². The quantitative estimate of drug-likeness (QED) is 0.404. The second-order valence-corrected chi connectivity index (χ2v) is 9.57. The van der Waals surface area contributed by atoms with Gasteiger partial charge in [0.2, 0.25) is 0 Å². The van der Waals surface area contributed by atoms with Gasteiger partial charge in [-0.25, -0.2) is 9.79 Å². The first kappa shape index (κ1) is 24.3. The summed E-state index contributed by atoms with van der Waals surface area (Å²) in [5.74, 6) is -0.197. The van der Waals surface area contributed by atoms with Crippen LogP contribution in [0.5, 0.6) is 5.75 Å². The number of hydrogen-bond acceptors (Lipinski definition) is 7. The van der Waals surface area contributed by atoms with E-state index >= 15 is 0 Å². The molecule has 0 saturated heterocycles. The number of benzene rings is 2. The van der Waals surface area contributed by atoms with Crippen LogP contribution in [0.15, 0.2) is 69.6 Å². The molecular weight excluding hydrogens is 464 g/mol. The summed E-state index contributed by atoms with van der Waals surface area (Å²) < 4.78 is 12.2. The molecule has 0 amide bonds. The molecule has 8 heteroatoms. The predicted molar refractivity (Wildman–Crippen MR) is 134 cm³/mol. The molecule has 0 radical (unpaired) electrons. The monoisotopic (exact) mass is 490 g/mol. The van der Waals surface area contributed by atoms with Gasteiger partial charge in [0.05, 0.1) is 29.0 Å². The van der Waals surface area contributed by atoms with Crippen molar-refractivity contribution in [2.75, 3.05) is 7.11 Å². The van der Waals surface area contributed by atoms with Crippen molar-refractivity contribution in [2.45, 2.75) is 39.7 Å². The van der Waals surface area contributed by atoms with Gasteiger partial charge >= 0.3 is 11.9 Å². The molecule has 4 rings (SSSR count). The Balaban J connectivity index is 1.86. The zero-order valence-electron chi connectivity index (χ0n) is 20.2. The van der Waals surface area contributed by atoms with Crippen LogP contribution in [0.4, 0.5) is 0 Å². The molecule has 2 heterocycles. The molecule has 0 N–H and O–H groups in total. The average Bonchev–Trinajstić information content (AvgIpc) is 3.12. The summed E-state index contributed by atoms with van der Waals surface area (Å²) in [7, 11) is 1.30. The van der Waals surface area contributed by atoms with Crippen molar-refractivity contribution in [1.29, 1.82) is 0 Å². The molecule has 1 aromatic heterocycles. The highest BCUT2D eigenvalue weighted by molar-refractivity contribution is 7.07. The van der Waals surface area contributed by atoms with Crippen LogP contribution >= 0.6 is 11.3 Å². The Morgan fingerprint density at radius 2 is 1.74 bits per heavy atom. The van der Waals surface area contributed by atoms with E-state index in [1.807, 2.05) is 18.2 Å². The first-order valence-corrected chi connectivity index (χ1v) is 12.0. The number of carbonyl (C=O) groups is 2. The molecule has 3 aromatic rings. The Bertz CT molecular complexity index is 1490. The Morgan fingerprint density at radius 3 is 2.31 bits per heavy atom. The molecule has 7 nitrogen and oxygen atoms in total. The van der Waals surface area contributed by atoms with Gasteiger partial charge in [-0.3, -0.25) is 14.2 Å². The topological polar surface area (TPSA) is 87.0 Å². The first-order valence-electron chi connectivity index (χ1n) is 11.2. The maximum absolute atomic E-state index is 13.6. The zero-order chi connectivity index (χ0) is 25.3. The highest BCUT2D eigenvalue weighted by atomic mass is 32.1. The zero-order valence-corrected chi connectivity index (χ0v) is 21.0. The van der Waals surface area contributed by atoms with E-state index in [2.05, 4.69) is 31.0 Å². The maximum atomic E-state index is 13.6. The number of nitrogens with zero attached hydrogens (tertiary/aromatic N) is 2. The van der Waals surface area contributed by atoms with E-state index in [0.717, 1.165) is 5.56 Å². The van der Waals surface area contributed by atoms with Crippen LogP contribution in [-0.4, -0.2) is 23.6 Å². The highest BCUT2D eigenvalue weighted by Crippen LogP contribution is 2.31. The second kappa shape index (κ2) is 9.84. The Hall–Kier alpha value is -3.78. The Labute approximate surface area is 206 Å². The summed E-state index contributed by atoms with van der Waals surface area (Å²) in [6.45, 7) is 7.32. The number of hydrogen-bond donors (Lipinski definition) is 0. The van der Waals surface area contributed by atoms with E-state index in [0.29, 0.717) is 32.3 Å². The highest BCUT2D eigenvalue weighted by Gasteiger charge is 2.33. The van der Waals surface area contributed by atoms with Gasteiger partial charge in [-0.1, -0.05) is 61.6 Å². The molecule has 1 atom stereocenters. The fourth-order valence-electron chi connectivity index (χ4n) is 4.02. The van der Waals surface area contributed by atoms with Crippen LogP contribution in [0.2, 0.25) is 0 Å². The minimum Gasteiger partial charge on any atom is -0.466 e. The van der Waals surface area contributed by atoms with Crippen molar-refractivity contribution in [3.8, 4) is 5.75 Å². The molecule has 0 spiro atoms.